The highest BCUT2D eigenvalue weighted by atomic mass is 16.5. The zero-order valence-electron chi connectivity index (χ0n) is 15.7. The standard InChI is InChI=1S/C19H28N2O4/c1-15(22)20(2)12-6-7-13-21(3)19(23)11-9-16-8-10-17(24-4)18(14-16)25-5/h8-11,14H,6-7,12-13H2,1-5H3. The molecule has 0 bridgehead atoms. The third-order valence-corrected chi connectivity index (χ3v) is 3.98. The van der Waals surface area contributed by atoms with Crippen molar-refractivity contribution < 1.29 is 19.1 Å². The van der Waals surface area contributed by atoms with Gasteiger partial charge in [0.15, 0.2) is 11.5 Å². The summed E-state index contributed by atoms with van der Waals surface area (Å²) in [6.45, 7) is 2.91. The number of rotatable bonds is 9. The molecule has 0 saturated heterocycles. The molecular formula is C19H28N2O4. The Morgan fingerprint density at radius 3 is 2.16 bits per heavy atom. The summed E-state index contributed by atoms with van der Waals surface area (Å²) in [5.74, 6) is 1.27. The number of unbranched alkanes of at least 4 members (excludes halogenated alkanes) is 1. The number of carbonyl (C=O) groups excluding carboxylic acids is 2. The van der Waals surface area contributed by atoms with Crippen molar-refractivity contribution in [1.29, 1.82) is 0 Å². The van der Waals surface area contributed by atoms with Crippen LogP contribution in [0.5, 0.6) is 11.5 Å². The van der Waals surface area contributed by atoms with E-state index in [-0.39, 0.29) is 11.8 Å². The van der Waals surface area contributed by atoms with Crippen LogP contribution in [0, 0.1) is 0 Å². The minimum Gasteiger partial charge on any atom is -0.493 e. The van der Waals surface area contributed by atoms with Gasteiger partial charge in [0, 0.05) is 40.2 Å². The largest absolute Gasteiger partial charge is 0.493 e. The fourth-order valence-corrected chi connectivity index (χ4v) is 2.22. The molecule has 0 radical (unpaired) electrons. The molecule has 0 fully saturated rings. The summed E-state index contributed by atoms with van der Waals surface area (Å²) in [4.78, 5) is 26.6. The van der Waals surface area contributed by atoms with E-state index < -0.39 is 0 Å². The SMILES string of the molecule is COc1ccc(C=CC(=O)N(C)CCCCN(C)C(C)=O)cc1OC. The number of methoxy groups -OCH3 is 2. The van der Waals surface area contributed by atoms with Gasteiger partial charge in [-0.05, 0) is 36.6 Å². The van der Waals surface area contributed by atoms with Crippen molar-refractivity contribution in [2.75, 3.05) is 41.4 Å². The van der Waals surface area contributed by atoms with E-state index in [2.05, 4.69) is 0 Å². The smallest absolute Gasteiger partial charge is 0.246 e. The molecule has 0 spiro atoms. The van der Waals surface area contributed by atoms with Gasteiger partial charge in [0.05, 0.1) is 14.2 Å². The highest BCUT2D eigenvalue weighted by molar-refractivity contribution is 5.91. The normalized spacial score (nSPS) is 10.6. The average molecular weight is 348 g/mol. The molecule has 138 valence electrons. The molecule has 0 aliphatic heterocycles. The van der Waals surface area contributed by atoms with E-state index in [0.29, 0.717) is 24.6 Å². The summed E-state index contributed by atoms with van der Waals surface area (Å²) < 4.78 is 10.4. The van der Waals surface area contributed by atoms with Crippen LogP contribution in [0.15, 0.2) is 24.3 Å². The Morgan fingerprint density at radius 1 is 1.00 bits per heavy atom. The third-order valence-electron chi connectivity index (χ3n) is 3.98. The van der Waals surface area contributed by atoms with E-state index in [9.17, 15) is 9.59 Å². The van der Waals surface area contributed by atoms with Crippen molar-refractivity contribution in [3.8, 4) is 11.5 Å². The van der Waals surface area contributed by atoms with E-state index in [1.807, 2.05) is 12.1 Å². The fraction of sp³-hybridized carbons (Fsp3) is 0.474. The van der Waals surface area contributed by atoms with Gasteiger partial charge >= 0.3 is 0 Å². The Kier molecular flexibility index (Phi) is 8.53. The van der Waals surface area contributed by atoms with Gasteiger partial charge in [0.25, 0.3) is 0 Å². The topological polar surface area (TPSA) is 59.1 Å². The van der Waals surface area contributed by atoms with Crippen LogP contribution in [0.2, 0.25) is 0 Å². The molecule has 2 amide bonds. The van der Waals surface area contributed by atoms with Gasteiger partial charge in [-0.1, -0.05) is 6.07 Å². The predicted octanol–water partition coefficient (Wildman–Crippen LogP) is 2.43. The first-order valence-electron chi connectivity index (χ1n) is 8.26. The highest BCUT2D eigenvalue weighted by Crippen LogP contribution is 2.27. The second-order valence-corrected chi connectivity index (χ2v) is 5.86. The monoisotopic (exact) mass is 348 g/mol. The molecular weight excluding hydrogens is 320 g/mol. The second-order valence-electron chi connectivity index (χ2n) is 5.86. The zero-order chi connectivity index (χ0) is 18.8. The molecule has 0 aliphatic rings. The molecule has 25 heavy (non-hydrogen) atoms. The van der Waals surface area contributed by atoms with Gasteiger partial charge in [0.2, 0.25) is 11.8 Å². The van der Waals surface area contributed by atoms with Crippen LogP contribution in [0.25, 0.3) is 6.08 Å². The lowest BCUT2D eigenvalue weighted by Crippen LogP contribution is -2.28. The number of likely N-dealkylation sites (N-methyl/N-ethyl adjacent to an activating group) is 1. The lowest BCUT2D eigenvalue weighted by molar-refractivity contribution is -0.128. The van der Waals surface area contributed by atoms with Gasteiger partial charge in [-0.3, -0.25) is 9.59 Å². The Morgan fingerprint density at radius 2 is 1.60 bits per heavy atom. The summed E-state index contributed by atoms with van der Waals surface area (Å²) in [5.41, 5.74) is 0.863. The van der Waals surface area contributed by atoms with Crippen molar-refractivity contribution in [3.05, 3.63) is 29.8 Å². The second kappa shape index (κ2) is 10.4. The first-order valence-corrected chi connectivity index (χ1v) is 8.26. The summed E-state index contributed by atoms with van der Waals surface area (Å²) in [6.07, 6.45) is 5.02. The van der Waals surface area contributed by atoms with Crippen molar-refractivity contribution in [2.45, 2.75) is 19.8 Å². The van der Waals surface area contributed by atoms with Crippen LogP contribution in [-0.2, 0) is 9.59 Å². The van der Waals surface area contributed by atoms with Crippen LogP contribution < -0.4 is 9.47 Å². The van der Waals surface area contributed by atoms with Crippen molar-refractivity contribution >= 4 is 17.9 Å². The van der Waals surface area contributed by atoms with E-state index >= 15 is 0 Å². The number of ether oxygens (including phenoxy) is 2. The van der Waals surface area contributed by atoms with Crippen molar-refractivity contribution in [3.63, 3.8) is 0 Å². The summed E-state index contributed by atoms with van der Waals surface area (Å²) in [6, 6.07) is 5.49. The molecule has 1 aromatic rings. The first-order chi connectivity index (χ1) is 11.9. The highest BCUT2D eigenvalue weighted by Gasteiger charge is 2.07. The predicted molar refractivity (Wildman–Crippen MR) is 98.8 cm³/mol. The number of amides is 2. The molecule has 6 nitrogen and oxygen atoms in total. The van der Waals surface area contributed by atoms with Crippen molar-refractivity contribution in [2.24, 2.45) is 0 Å². The molecule has 1 rings (SSSR count). The lowest BCUT2D eigenvalue weighted by Gasteiger charge is -2.17. The van der Waals surface area contributed by atoms with E-state index in [4.69, 9.17) is 9.47 Å². The average Bonchev–Trinajstić information content (AvgIpc) is 2.62. The van der Waals surface area contributed by atoms with Gasteiger partial charge in [-0.25, -0.2) is 0 Å². The Labute approximate surface area is 150 Å². The number of nitrogens with zero attached hydrogens (tertiary/aromatic N) is 2. The number of benzene rings is 1. The molecule has 0 N–H and O–H groups in total. The van der Waals surface area contributed by atoms with E-state index in [1.54, 1.807) is 63.3 Å². The molecule has 1 aromatic carbocycles. The summed E-state index contributed by atoms with van der Waals surface area (Å²) in [5, 5.41) is 0. The van der Waals surface area contributed by atoms with Crippen LogP contribution in [0.4, 0.5) is 0 Å². The fourth-order valence-electron chi connectivity index (χ4n) is 2.22. The molecule has 0 aromatic heterocycles. The first kappa shape index (κ1) is 20.5. The molecule has 0 aliphatic carbocycles. The molecule has 0 saturated carbocycles. The Balaban J connectivity index is 2.49. The molecule has 0 heterocycles. The number of hydrogen-bond donors (Lipinski definition) is 0. The van der Waals surface area contributed by atoms with Crippen LogP contribution in [-0.4, -0.2) is 63.0 Å². The van der Waals surface area contributed by atoms with Gasteiger partial charge in [0.1, 0.15) is 0 Å². The summed E-state index contributed by atoms with van der Waals surface area (Å²) >= 11 is 0. The maximum Gasteiger partial charge on any atom is 0.246 e. The number of carbonyl (C=O) groups is 2. The summed E-state index contributed by atoms with van der Waals surface area (Å²) in [7, 11) is 6.72. The van der Waals surface area contributed by atoms with Crippen LogP contribution in [0.3, 0.4) is 0 Å². The Bertz CT molecular complexity index is 613. The van der Waals surface area contributed by atoms with E-state index in [1.165, 1.54) is 0 Å². The minimum atomic E-state index is -0.0605. The zero-order valence-corrected chi connectivity index (χ0v) is 15.7. The number of hydrogen-bond acceptors (Lipinski definition) is 4. The van der Waals surface area contributed by atoms with Crippen molar-refractivity contribution in [1.82, 2.24) is 9.80 Å². The minimum absolute atomic E-state index is 0.0577. The molecule has 6 heteroatoms. The molecule has 0 unspecified atom stereocenters. The lowest BCUT2D eigenvalue weighted by atomic mass is 10.2. The third kappa shape index (κ3) is 6.87. The van der Waals surface area contributed by atoms with Crippen LogP contribution in [0.1, 0.15) is 25.3 Å². The van der Waals surface area contributed by atoms with Gasteiger partial charge in [-0.2, -0.15) is 0 Å². The molecule has 0 atom stereocenters. The van der Waals surface area contributed by atoms with E-state index in [0.717, 1.165) is 18.4 Å². The maximum absolute atomic E-state index is 12.1. The van der Waals surface area contributed by atoms with Crippen LogP contribution >= 0.6 is 0 Å². The van der Waals surface area contributed by atoms with Gasteiger partial charge < -0.3 is 19.3 Å². The maximum atomic E-state index is 12.1. The quantitative estimate of drug-likeness (QED) is 0.508. The Hall–Kier alpha value is -2.50. The van der Waals surface area contributed by atoms with Gasteiger partial charge in [-0.15, -0.1) is 0 Å².